The lowest BCUT2D eigenvalue weighted by Gasteiger charge is -2.26. The van der Waals surface area contributed by atoms with Crippen LogP contribution in [0, 0.1) is 5.82 Å². The molecule has 1 atom stereocenters. The predicted octanol–water partition coefficient (Wildman–Crippen LogP) is 2.46. The van der Waals surface area contributed by atoms with Crippen LogP contribution in [0.5, 0.6) is 5.75 Å². The van der Waals surface area contributed by atoms with Crippen LogP contribution < -0.4 is 0 Å². The van der Waals surface area contributed by atoms with Gasteiger partial charge in [0.1, 0.15) is 23.0 Å². The van der Waals surface area contributed by atoms with Crippen LogP contribution in [-0.2, 0) is 0 Å². The standard InChI is InChI=1S/C19H16FN3O3/c20-13-7-3-1-5-11(13)18-15-16(12-6-2-4-8-14(12)25)21-22-17(15)19(26)23(18)9-10-24/h1-8,18,24-25H,9-10H2,(H,21,22)/t18-/m0/s1. The number of aromatic nitrogens is 2. The average Bonchev–Trinajstić information content (AvgIpc) is 3.17. The van der Waals surface area contributed by atoms with E-state index in [1.165, 1.54) is 17.0 Å². The number of aromatic amines is 1. The zero-order valence-corrected chi connectivity index (χ0v) is 13.7. The largest absolute Gasteiger partial charge is 0.507 e. The molecule has 1 amide bonds. The minimum Gasteiger partial charge on any atom is -0.507 e. The van der Waals surface area contributed by atoms with Gasteiger partial charge in [0.25, 0.3) is 5.91 Å². The second-order valence-corrected chi connectivity index (χ2v) is 6.02. The molecule has 0 saturated carbocycles. The van der Waals surface area contributed by atoms with Gasteiger partial charge < -0.3 is 15.1 Å². The summed E-state index contributed by atoms with van der Waals surface area (Å²) in [6.07, 6.45) is 0. The number of carbonyl (C=O) groups is 1. The number of para-hydroxylation sites is 1. The van der Waals surface area contributed by atoms with Gasteiger partial charge in [0.2, 0.25) is 0 Å². The maximum Gasteiger partial charge on any atom is 0.273 e. The van der Waals surface area contributed by atoms with Gasteiger partial charge in [-0.05, 0) is 18.2 Å². The predicted molar refractivity (Wildman–Crippen MR) is 92.1 cm³/mol. The van der Waals surface area contributed by atoms with Crippen molar-refractivity contribution in [3.8, 4) is 17.0 Å². The summed E-state index contributed by atoms with van der Waals surface area (Å²) in [5.41, 5.74) is 1.89. The number of rotatable bonds is 4. The van der Waals surface area contributed by atoms with Gasteiger partial charge in [-0.1, -0.05) is 30.3 Å². The lowest BCUT2D eigenvalue weighted by Crippen LogP contribution is -2.32. The van der Waals surface area contributed by atoms with Gasteiger partial charge >= 0.3 is 0 Å². The Labute approximate surface area is 148 Å². The number of amides is 1. The maximum absolute atomic E-state index is 14.5. The molecule has 2 aromatic carbocycles. The fourth-order valence-corrected chi connectivity index (χ4v) is 3.43. The monoisotopic (exact) mass is 353 g/mol. The Morgan fingerprint density at radius 2 is 1.88 bits per heavy atom. The van der Waals surface area contributed by atoms with Crippen molar-refractivity contribution in [1.82, 2.24) is 15.1 Å². The van der Waals surface area contributed by atoms with Crippen molar-refractivity contribution in [3.63, 3.8) is 0 Å². The summed E-state index contributed by atoms with van der Waals surface area (Å²) in [5, 5.41) is 26.5. The third-order valence-electron chi connectivity index (χ3n) is 4.56. The van der Waals surface area contributed by atoms with E-state index in [9.17, 15) is 19.4 Å². The normalized spacial score (nSPS) is 16.2. The van der Waals surface area contributed by atoms with Gasteiger partial charge in [0, 0.05) is 23.2 Å². The number of hydrogen-bond acceptors (Lipinski definition) is 4. The first-order valence-corrected chi connectivity index (χ1v) is 8.16. The van der Waals surface area contributed by atoms with E-state index in [0.717, 1.165) is 0 Å². The lowest BCUT2D eigenvalue weighted by molar-refractivity contribution is 0.0704. The van der Waals surface area contributed by atoms with Crippen molar-refractivity contribution in [2.24, 2.45) is 0 Å². The van der Waals surface area contributed by atoms with Crippen LogP contribution in [0.25, 0.3) is 11.3 Å². The molecule has 0 fully saturated rings. The second kappa shape index (κ2) is 6.27. The van der Waals surface area contributed by atoms with Crippen LogP contribution in [0.1, 0.15) is 27.7 Å². The molecule has 0 aliphatic carbocycles. The van der Waals surface area contributed by atoms with Crippen molar-refractivity contribution in [2.75, 3.05) is 13.2 Å². The Bertz CT molecular complexity index is 986. The number of hydrogen-bond donors (Lipinski definition) is 3. The third-order valence-corrected chi connectivity index (χ3v) is 4.56. The Morgan fingerprint density at radius 1 is 1.15 bits per heavy atom. The molecule has 0 radical (unpaired) electrons. The Kier molecular flexibility index (Phi) is 3.93. The number of carbonyl (C=O) groups excluding carboxylic acids is 1. The Balaban J connectivity index is 1.95. The number of H-pyrrole nitrogens is 1. The summed E-state index contributed by atoms with van der Waals surface area (Å²) in [6, 6.07) is 12.1. The van der Waals surface area contributed by atoms with Crippen molar-refractivity contribution in [3.05, 3.63) is 71.2 Å². The molecule has 26 heavy (non-hydrogen) atoms. The number of phenols is 1. The molecule has 3 N–H and O–H groups in total. The van der Waals surface area contributed by atoms with E-state index in [1.807, 2.05) is 0 Å². The van der Waals surface area contributed by atoms with Gasteiger partial charge in [0.05, 0.1) is 12.6 Å². The van der Waals surface area contributed by atoms with E-state index in [0.29, 0.717) is 22.4 Å². The molecule has 2 heterocycles. The number of β-amino-alcohol motifs (C(OH)–C–C–N with tert-alkyl or cyclic N) is 1. The smallest absolute Gasteiger partial charge is 0.273 e. The number of phenolic OH excluding ortho intramolecular Hbond substituents is 1. The molecule has 0 saturated heterocycles. The van der Waals surface area contributed by atoms with Gasteiger partial charge in [-0.25, -0.2) is 4.39 Å². The second-order valence-electron chi connectivity index (χ2n) is 6.02. The lowest BCUT2D eigenvalue weighted by atomic mass is 9.95. The summed E-state index contributed by atoms with van der Waals surface area (Å²) in [7, 11) is 0. The summed E-state index contributed by atoms with van der Waals surface area (Å²) < 4.78 is 14.5. The number of halogens is 1. The fraction of sp³-hybridized carbons (Fsp3) is 0.158. The molecule has 6 nitrogen and oxygen atoms in total. The van der Waals surface area contributed by atoms with Crippen molar-refractivity contribution in [2.45, 2.75) is 6.04 Å². The van der Waals surface area contributed by atoms with Gasteiger partial charge in [-0.3, -0.25) is 9.89 Å². The molecule has 1 aliphatic rings. The van der Waals surface area contributed by atoms with E-state index in [-0.39, 0.29) is 30.5 Å². The summed E-state index contributed by atoms with van der Waals surface area (Å²) in [5.74, 6) is -0.802. The molecule has 1 aliphatic heterocycles. The molecule has 0 bridgehead atoms. The molecule has 1 aromatic heterocycles. The van der Waals surface area contributed by atoms with Crippen molar-refractivity contribution < 1.29 is 19.4 Å². The van der Waals surface area contributed by atoms with Gasteiger partial charge in [-0.2, -0.15) is 5.10 Å². The molecule has 132 valence electrons. The first-order valence-electron chi connectivity index (χ1n) is 8.16. The van der Waals surface area contributed by atoms with Crippen LogP contribution in [0.15, 0.2) is 48.5 Å². The van der Waals surface area contributed by atoms with Crippen LogP contribution in [0.3, 0.4) is 0 Å². The number of benzene rings is 2. The van der Waals surface area contributed by atoms with E-state index in [2.05, 4.69) is 10.2 Å². The highest BCUT2D eigenvalue weighted by atomic mass is 19.1. The number of fused-ring (bicyclic) bond motifs is 1. The summed E-state index contributed by atoms with van der Waals surface area (Å²) in [6.45, 7) is -0.194. The van der Waals surface area contributed by atoms with E-state index >= 15 is 0 Å². The summed E-state index contributed by atoms with van der Waals surface area (Å²) >= 11 is 0. The molecular weight excluding hydrogens is 337 g/mol. The molecule has 0 unspecified atom stereocenters. The first-order chi connectivity index (χ1) is 12.6. The molecule has 0 spiro atoms. The number of nitrogens with zero attached hydrogens (tertiary/aromatic N) is 2. The Morgan fingerprint density at radius 3 is 2.62 bits per heavy atom. The number of aromatic hydroxyl groups is 1. The molecular formula is C19H16FN3O3. The molecule has 3 aromatic rings. The number of aliphatic hydroxyl groups excluding tert-OH is 1. The average molecular weight is 353 g/mol. The van der Waals surface area contributed by atoms with E-state index in [4.69, 9.17) is 0 Å². The minimum absolute atomic E-state index is 0.0159. The highest BCUT2D eigenvalue weighted by Gasteiger charge is 2.43. The highest BCUT2D eigenvalue weighted by molar-refractivity contribution is 6.00. The first kappa shape index (κ1) is 16.3. The topological polar surface area (TPSA) is 89.5 Å². The molecule has 4 rings (SSSR count). The van der Waals surface area contributed by atoms with E-state index < -0.39 is 11.9 Å². The van der Waals surface area contributed by atoms with Crippen LogP contribution in [0.4, 0.5) is 4.39 Å². The SMILES string of the molecule is O=C1c2[nH]nc(-c3ccccc3O)c2[C@H](c2ccccc2F)N1CCO. The van der Waals surface area contributed by atoms with E-state index in [1.54, 1.807) is 36.4 Å². The number of aliphatic hydroxyl groups is 1. The van der Waals surface area contributed by atoms with Gasteiger partial charge in [0.15, 0.2) is 0 Å². The van der Waals surface area contributed by atoms with Crippen LogP contribution in [0.2, 0.25) is 0 Å². The maximum atomic E-state index is 14.5. The zero-order chi connectivity index (χ0) is 18.3. The van der Waals surface area contributed by atoms with Crippen LogP contribution in [-0.4, -0.2) is 44.4 Å². The fourth-order valence-electron chi connectivity index (χ4n) is 3.43. The van der Waals surface area contributed by atoms with Crippen molar-refractivity contribution in [1.29, 1.82) is 0 Å². The third kappa shape index (κ3) is 2.36. The Hall–Kier alpha value is -3.19. The zero-order valence-electron chi connectivity index (χ0n) is 13.7. The van der Waals surface area contributed by atoms with Gasteiger partial charge in [-0.15, -0.1) is 0 Å². The highest BCUT2D eigenvalue weighted by Crippen LogP contribution is 2.44. The minimum atomic E-state index is -0.737. The molecule has 7 heteroatoms. The number of nitrogens with one attached hydrogen (secondary N) is 1. The summed E-state index contributed by atoms with van der Waals surface area (Å²) in [4.78, 5) is 14.2. The van der Waals surface area contributed by atoms with Crippen molar-refractivity contribution >= 4 is 5.91 Å². The quantitative estimate of drug-likeness (QED) is 0.672. The van der Waals surface area contributed by atoms with Crippen LogP contribution >= 0.6 is 0 Å².